The second-order valence-corrected chi connectivity index (χ2v) is 8.96. The molecule has 1 amide bonds. The molecule has 1 aromatic heterocycles. The summed E-state index contributed by atoms with van der Waals surface area (Å²) in [6, 6.07) is 6.63. The Morgan fingerprint density at radius 3 is 2.65 bits per heavy atom. The van der Waals surface area contributed by atoms with Crippen LogP contribution in [0, 0.1) is 0 Å². The standard InChI is InChI=1S/C17H21ClN2O5S/c1-11-9-20(10-12(2)24-11)26(22,23)6-5-19-17(21)16-8-13-7-14(18)3-4-15(13)25-16/h3-4,7-8,11-12H,5-6,9-10H2,1-2H3,(H,19,21)/t11-,12-/m0/s1. The quantitative estimate of drug-likeness (QED) is 0.831. The molecule has 0 aliphatic carbocycles. The van der Waals surface area contributed by atoms with E-state index in [4.69, 9.17) is 20.8 Å². The number of fused-ring (bicyclic) bond motifs is 1. The summed E-state index contributed by atoms with van der Waals surface area (Å²) in [5.41, 5.74) is 0.545. The molecule has 0 spiro atoms. The highest BCUT2D eigenvalue weighted by atomic mass is 35.5. The first-order valence-corrected chi connectivity index (χ1v) is 10.3. The van der Waals surface area contributed by atoms with Crippen molar-refractivity contribution in [2.24, 2.45) is 0 Å². The van der Waals surface area contributed by atoms with Crippen molar-refractivity contribution < 1.29 is 22.4 Å². The predicted molar refractivity (Wildman–Crippen MR) is 98.9 cm³/mol. The lowest BCUT2D eigenvalue weighted by atomic mass is 10.2. The number of halogens is 1. The van der Waals surface area contributed by atoms with E-state index in [0.717, 1.165) is 0 Å². The second-order valence-electron chi connectivity index (χ2n) is 6.44. The molecule has 26 heavy (non-hydrogen) atoms. The lowest BCUT2D eigenvalue weighted by Crippen LogP contribution is -2.49. The maximum Gasteiger partial charge on any atom is 0.287 e. The number of sulfonamides is 1. The Morgan fingerprint density at radius 1 is 1.27 bits per heavy atom. The van der Waals surface area contributed by atoms with E-state index in [1.807, 2.05) is 13.8 Å². The van der Waals surface area contributed by atoms with Crippen molar-refractivity contribution in [3.63, 3.8) is 0 Å². The number of ether oxygens (including phenoxy) is 1. The van der Waals surface area contributed by atoms with Crippen LogP contribution in [-0.2, 0) is 14.8 Å². The van der Waals surface area contributed by atoms with E-state index in [9.17, 15) is 13.2 Å². The molecule has 142 valence electrons. The fourth-order valence-electron chi connectivity index (χ4n) is 2.99. The van der Waals surface area contributed by atoms with Crippen molar-refractivity contribution in [3.8, 4) is 0 Å². The molecular weight excluding hydrogens is 380 g/mol. The smallest absolute Gasteiger partial charge is 0.287 e. The number of hydrogen-bond acceptors (Lipinski definition) is 5. The summed E-state index contributed by atoms with van der Waals surface area (Å²) < 4.78 is 37.3. The number of morpholine rings is 1. The van der Waals surface area contributed by atoms with E-state index in [0.29, 0.717) is 29.1 Å². The van der Waals surface area contributed by atoms with Crippen LogP contribution in [0.4, 0.5) is 0 Å². The molecule has 2 atom stereocenters. The maximum absolute atomic E-state index is 12.5. The first-order chi connectivity index (χ1) is 12.2. The van der Waals surface area contributed by atoms with Crippen LogP contribution in [0.2, 0.25) is 5.02 Å². The molecule has 0 unspecified atom stereocenters. The van der Waals surface area contributed by atoms with E-state index < -0.39 is 15.9 Å². The zero-order chi connectivity index (χ0) is 18.9. The van der Waals surface area contributed by atoms with Crippen LogP contribution in [0.5, 0.6) is 0 Å². The Kier molecular flexibility index (Phi) is 5.57. The Bertz CT molecular complexity index is 901. The lowest BCUT2D eigenvalue weighted by Gasteiger charge is -2.34. The van der Waals surface area contributed by atoms with Gasteiger partial charge in [0.1, 0.15) is 5.58 Å². The zero-order valence-corrected chi connectivity index (χ0v) is 16.1. The van der Waals surface area contributed by atoms with Gasteiger partial charge in [-0.3, -0.25) is 4.79 Å². The lowest BCUT2D eigenvalue weighted by molar-refractivity contribution is -0.0440. The van der Waals surface area contributed by atoms with E-state index in [1.54, 1.807) is 24.3 Å². The third-order valence-corrected chi connectivity index (χ3v) is 6.17. The number of furan rings is 1. The van der Waals surface area contributed by atoms with Gasteiger partial charge in [0.25, 0.3) is 5.91 Å². The van der Waals surface area contributed by atoms with E-state index in [2.05, 4.69) is 5.32 Å². The summed E-state index contributed by atoms with van der Waals surface area (Å²) in [7, 11) is -3.47. The zero-order valence-electron chi connectivity index (χ0n) is 14.6. The van der Waals surface area contributed by atoms with Gasteiger partial charge in [0.2, 0.25) is 10.0 Å². The minimum Gasteiger partial charge on any atom is -0.451 e. The maximum atomic E-state index is 12.5. The molecule has 9 heteroatoms. The van der Waals surface area contributed by atoms with Gasteiger partial charge < -0.3 is 14.5 Å². The van der Waals surface area contributed by atoms with Crippen molar-refractivity contribution in [2.75, 3.05) is 25.4 Å². The first-order valence-electron chi connectivity index (χ1n) is 8.35. The molecule has 1 aliphatic rings. The highest BCUT2D eigenvalue weighted by Crippen LogP contribution is 2.23. The van der Waals surface area contributed by atoms with Crippen molar-refractivity contribution in [1.29, 1.82) is 0 Å². The molecule has 7 nitrogen and oxygen atoms in total. The second kappa shape index (κ2) is 7.56. The van der Waals surface area contributed by atoms with Gasteiger partial charge in [-0.25, -0.2) is 8.42 Å². The van der Waals surface area contributed by atoms with Crippen molar-refractivity contribution >= 4 is 38.5 Å². The van der Waals surface area contributed by atoms with Crippen molar-refractivity contribution in [3.05, 3.63) is 35.0 Å². The van der Waals surface area contributed by atoms with Crippen LogP contribution < -0.4 is 5.32 Å². The molecule has 2 aromatic rings. The molecule has 1 aromatic carbocycles. The Balaban J connectivity index is 1.58. The summed E-state index contributed by atoms with van der Waals surface area (Å²) in [4.78, 5) is 12.2. The Labute approximate surface area is 157 Å². The van der Waals surface area contributed by atoms with Gasteiger partial charge in [-0.15, -0.1) is 0 Å². The average Bonchev–Trinajstić information content (AvgIpc) is 2.97. The van der Waals surface area contributed by atoms with E-state index in [1.165, 1.54) is 4.31 Å². The van der Waals surface area contributed by atoms with Crippen LogP contribution >= 0.6 is 11.6 Å². The minimum atomic E-state index is -3.47. The number of nitrogens with zero attached hydrogens (tertiary/aromatic N) is 1. The normalized spacial score (nSPS) is 21.8. The van der Waals surface area contributed by atoms with Crippen molar-refractivity contribution in [2.45, 2.75) is 26.1 Å². The van der Waals surface area contributed by atoms with Gasteiger partial charge in [0.15, 0.2) is 5.76 Å². The molecule has 1 fully saturated rings. The molecule has 2 heterocycles. The Hall–Kier alpha value is -1.61. The summed E-state index contributed by atoms with van der Waals surface area (Å²) in [5, 5.41) is 3.85. The molecular formula is C17H21ClN2O5S. The fourth-order valence-corrected chi connectivity index (χ4v) is 4.67. The molecule has 0 bridgehead atoms. The van der Waals surface area contributed by atoms with Crippen LogP contribution in [0.3, 0.4) is 0 Å². The number of carbonyl (C=O) groups is 1. The topological polar surface area (TPSA) is 88.9 Å². The van der Waals surface area contributed by atoms with Crippen LogP contribution in [0.1, 0.15) is 24.4 Å². The SMILES string of the molecule is C[C@H]1CN(S(=O)(=O)CCNC(=O)c2cc3cc(Cl)ccc3o2)C[C@H](C)O1. The summed E-state index contributed by atoms with van der Waals surface area (Å²) in [6.45, 7) is 4.33. The number of rotatable bonds is 5. The average molecular weight is 401 g/mol. The Morgan fingerprint density at radius 2 is 1.96 bits per heavy atom. The van der Waals surface area contributed by atoms with Crippen LogP contribution in [0.15, 0.2) is 28.7 Å². The highest BCUT2D eigenvalue weighted by molar-refractivity contribution is 7.89. The summed E-state index contributed by atoms with van der Waals surface area (Å²) >= 11 is 5.91. The largest absolute Gasteiger partial charge is 0.451 e. The van der Waals surface area contributed by atoms with E-state index in [-0.39, 0.29) is 30.3 Å². The highest BCUT2D eigenvalue weighted by Gasteiger charge is 2.30. The molecule has 0 radical (unpaired) electrons. The van der Waals surface area contributed by atoms with Gasteiger partial charge in [0, 0.05) is 30.0 Å². The minimum absolute atomic E-state index is 0.000906. The molecule has 0 saturated carbocycles. The van der Waals surface area contributed by atoms with Crippen LogP contribution in [0.25, 0.3) is 11.0 Å². The molecule has 1 N–H and O–H groups in total. The molecule has 1 saturated heterocycles. The third-order valence-electron chi connectivity index (χ3n) is 4.13. The van der Waals surface area contributed by atoms with E-state index >= 15 is 0 Å². The number of carbonyl (C=O) groups excluding carboxylic acids is 1. The first kappa shape index (κ1) is 19.2. The summed E-state index contributed by atoms with van der Waals surface area (Å²) in [6.07, 6.45) is -0.295. The predicted octanol–water partition coefficient (Wildman–Crippen LogP) is 2.25. The molecule has 1 aliphatic heterocycles. The third kappa shape index (κ3) is 4.37. The van der Waals surface area contributed by atoms with Gasteiger partial charge in [0.05, 0.1) is 18.0 Å². The van der Waals surface area contributed by atoms with Crippen molar-refractivity contribution in [1.82, 2.24) is 9.62 Å². The number of nitrogens with one attached hydrogen (secondary N) is 1. The number of benzene rings is 1. The summed E-state index contributed by atoms with van der Waals surface area (Å²) in [5.74, 6) is -0.519. The van der Waals surface area contributed by atoms with Gasteiger partial charge in [-0.2, -0.15) is 4.31 Å². The number of hydrogen-bond donors (Lipinski definition) is 1. The van der Waals surface area contributed by atoms with Gasteiger partial charge >= 0.3 is 0 Å². The van der Waals surface area contributed by atoms with Gasteiger partial charge in [-0.05, 0) is 38.1 Å². The van der Waals surface area contributed by atoms with Gasteiger partial charge in [-0.1, -0.05) is 11.6 Å². The number of amides is 1. The fraction of sp³-hybridized carbons (Fsp3) is 0.471. The van der Waals surface area contributed by atoms with Crippen LogP contribution in [-0.4, -0.2) is 56.2 Å². The monoisotopic (exact) mass is 400 g/mol. The molecule has 3 rings (SSSR count).